The van der Waals surface area contributed by atoms with Gasteiger partial charge in [0.25, 0.3) is 5.91 Å². The number of allylic oxidation sites excluding steroid dienone is 2. The van der Waals surface area contributed by atoms with E-state index in [1.807, 2.05) is 0 Å². The molecular weight excluding hydrogens is 356 g/mol. The highest BCUT2D eigenvalue weighted by Crippen LogP contribution is 2.35. The van der Waals surface area contributed by atoms with Crippen molar-refractivity contribution in [2.75, 3.05) is 18.5 Å². The highest BCUT2D eigenvalue weighted by atomic mass is 16.5. The monoisotopic (exact) mass is 382 g/mol. The fourth-order valence-corrected chi connectivity index (χ4v) is 4.18. The summed E-state index contributed by atoms with van der Waals surface area (Å²) in [5.41, 5.74) is 2.94. The molecule has 2 amide bonds. The zero-order valence-electron chi connectivity index (χ0n) is 16.1. The Morgan fingerprint density at radius 2 is 1.89 bits per heavy atom. The zero-order chi connectivity index (χ0) is 19.5. The number of carbonyl (C=O) groups is 2. The molecule has 0 spiro atoms. The summed E-state index contributed by atoms with van der Waals surface area (Å²) in [6.45, 7) is 3.37. The number of nitrogens with one attached hydrogen (secondary N) is 2. The maximum atomic E-state index is 12.8. The minimum Gasteiger partial charge on any atom is -0.381 e. The van der Waals surface area contributed by atoms with Crippen LogP contribution in [0.2, 0.25) is 0 Å². The van der Waals surface area contributed by atoms with Gasteiger partial charge in [-0.1, -0.05) is 24.6 Å². The van der Waals surface area contributed by atoms with Crippen LogP contribution in [0.1, 0.15) is 49.5 Å². The van der Waals surface area contributed by atoms with Gasteiger partial charge in [0.15, 0.2) is 11.5 Å². The number of ether oxygens (including phenoxy) is 1. The fraction of sp³-hybridized carbons (Fsp3) is 0.524. The van der Waals surface area contributed by atoms with Gasteiger partial charge in [-0.15, -0.1) is 0 Å². The molecule has 0 saturated carbocycles. The van der Waals surface area contributed by atoms with Gasteiger partial charge < -0.3 is 15.4 Å². The Kier molecular flexibility index (Phi) is 5.52. The van der Waals surface area contributed by atoms with Crippen molar-refractivity contribution in [3.8, 4) is 0 Å². The van der Waals surface area contributed by atoms with Crippen molar-refractivity contribution < 1.29 is 14.3 Å². The lowest BCUT2D eigenvalue weighted by molar-refractivity contribution is -0.122. The average Bonchev–Trinajstić information content (AvgIpc) is 3.10. The first-order valence-corrected chi connectivity index (χ1v) is 9.99. The molecule has 1 saturated heterocycles. The number of carbonyl (C=O) groups excluding carboxylic acids is 2. The predicted octanol–water partition coefficient (Wildman–Crippen LogP) is 2.63. The van der Waals surface area contributed by atoms with E-state index in [-0.39, 0.29) is 35.3 Å². The molecule has 1 aliphatic heterocycles. The van der Waals surface area contributed by atoms with Crippen LogP contribution in [-0.4, -0.2) is 41.0 Å². The van der Waals surface area contributed by atoms with Gasteiger partial charge in [-0.05, 0) is 43.6 Å². The molecule has 1 aromatic rings. The van der Waals surface area contributed by atoms with Gasteiger partial charge >= 0.3 is 0 Å². The lowest BCUT2D eigenvalue weighted by atomic mass is 9.93. The molecule has 2 aliphatic carbocycles. The van der Waals surface area contributed by atoms with Crippen LogP contribution in [0.4, 0.5) is 5.82 Å². The van der Waals surface area contributed by atoms with Crippen molar-refractivity contribution in [3.05, 3.63) is 41.4 Å². The summed E-state index contributed by atoms with van der Waals surface area (Å²) in [5.74, 6) is 0.236. The number of rotatable bonds is 4. The van der Waals surface area contributed by atoms with E-state index < -0.39 is 0 Å². The third-order valence-corrected chi connectivity index (χ3v) is 5.69. The molecule has 28 heavy (non-hydrogen) atoms. The molecule has 0 radical (unpaired) electrons. The Morgan fingerprint density at radius 1 is 1.11 bits per heavy atom. The fourth-order valence-electron chi connectivity index (χ4n) is 4.18. The largest absolute Gasteiger partial charge is 0.381 e. The van der Waals surface area contributed by atoms with Gasteiger partial charge in [-0.25, -0.2) is 9.97 Å². The van der Waals surface area contributed by atoms with Crippen LogP contribution in [-0.2, 0) is 9.53 Å². The number of hydrogen-bond acceptors (Lipinski definition) is 5. The quantitative estimate of drug-likeness (QED) is 0.835. The maximum absolute atomic E-state index is 12.8. The van der Waals surface area contributed by atoms with E-state index in [4.69, 9.17) is 4.74 Å². The third kappa shape index (κ3) is 4.14. The number of aromatic nitrogens is 2. The number of anilines is 1. The van der Waals surface area contributed by atoms with Gasteiger partial charge in [-0.3, -0.25) is 9.59 Å². The van der Waals surface area contributed by atoms with Crippen LogP contribution >= 0.6 is 0 Å². The lowest BCUT2D eigenvalue weighted by Gasteiger charge is -2.21. The van der Waals surface area contributed by atoms with Crippen LogP contribution in [0.25, 0.3) is 0 Å². The molecular formula is C21H26N4O3. The summed E-state index contributed by atoms with van der Waals surface area (Å²) in [5, 5.41) is 5.86. The van der Waals surface area contributed by atoms with E-state index in [0.717, 1.165) is 19.3 Å². The van der Waals surface area contributed by atoms with E-state index >= 15 is 0 Å². The standard InChI is InChI=1S/C21H26N4O3/c1-13-2-3-15-11-17(12-16(15)10-13)24-21(27)18-19(23-7-6-22-18)25-20(26)14-4-8-28-9-5-14/h2-3,6-7,13-14,17H,4-5,8-12H2,1H3,(H,24,27)(H,23,25,26). The summed E-state index contributed by atoms with van der Waals surface area (Å²) >= 11 is 0. The predicted molar refractivity (Wildman–Crippen MR) is 105 cm³/mol. The van der Waals surface area contributed by atoms with Crippen molar-refractivity contribution in [1.29, 1.82) is 0 Å². The van der Waals surface area contributed by atoms with Crippen molar-refractivity contribution >= 4 is 17.6 Å². The van der Waals surface area contributed by atoms with Crippen LogP contribution in [0.5, 0.6) is 0 Å². The molecule has 2 atom stereocenters. The Labute approximate surface area is 164 Å². The zero-order valence-corrected chi connectivity index (χ0v) is 16.1. The molecule has 4 rings (SSSR count). The first-order valence-electron chi connectivity index (χ1n) is 9.99. The van der Waals surface area contributed by atoms with E-state index in [1.54, 1.807) is 0 Å². The second-order valence-corrected chi connectivity index (χ2v) is 7.88. The van der Waals surface area contributed by atoms with Crippen LogP contribution in [0.3, 0.4) is 0 Å². The third-order valence-electron chi connectivity index (χ3n) is 5.69. The minimum atomic E-state index is -0.294. The van der Waals surface area contributed by atoms with Crippen molar-refractivity contribution in [3.63, 3.8) is 0 Å². The average molecular weight is 382 g/mol. The summed E-state index contributed by atoms with van der Waals surface area (Å²) in [4.78, 5) is 33.7. The van der Waals surface area contributed by atoms with Crippen LogP contribution in [0, 0.1) is 11.8 Å². The minimum absolute atomic E-state index is 0.0634. The van der Waals surface area contributed by atoms with Crippen LogP contribution in [0.15, 0.2) is 35.7 Å². The van der Waals surface area contributed by atoms with Crippen molar-refractivity contribution in [2.45, 2.75) is 45.1 Å². The normalized spacial score (nSPS) is 24.8. The smallest absolute Gasteiger partial charge is 0.273 e. The lowest BCUT2D eigenvalue weighted by Crippen LogP contribution is -2.35. The molecule has 1 fully saturated rings. The van der Waals surface area contributed by atoms with E-state index in [9.17, 15) is 9.59 Å². The molecule has 148 valence electrons. The molecule has 2 unspecified atom stereocenters. The molecule has 7 heteroatoms. The molecule has 7 nitrogen and oxygen atoms in total. The van der Waals surface area contributed by atoms with Crippen LogP contribution < -0.4 is 10.6 Å². The number of nitrogens with zero attached hydrogens (tertiary/aromatic N) is 2. The Hall–Kier alpha value is -2.54. The van der Waals surface area contributed by atoms with Gasteiger partial charge in [0.05, 0.1) is 0 Å². The van der Waals surface area contributed by atoms with E-state index in [1.165, 1.54) is 23.5 Å². The van der Waals surface area contributed by atoms with Gasteiger partial charge in [0.1, 0.15) is 0 Å². The molecule has 2 heterocycles. The van der Waals surface area contributed by atoms with E-state index in [2.05, 4.69) is 39.7 Å². The molecule has 2 N–H and O–H groups in total. The molecule has 0 aromatic carbocycles. The summed E-state index contributed by atoms with van der Waals surface area (Å²) in [6.07, 6.45) is 11.5. The summed E-state index contributed by atoms with van der Waals surface area (Å²) in [6, 6.07) is 0.0634. The molecule has 3 aliphatic rings. The first kappa shape index (κ1) is 18.8. The Bertz CT molecular complexity index is 827. The molecule has 1 aromatic heterocycles. The Balaban J connectivity index is 1.40. The second kappa shape index (κ2) is 8.22. The summed E-state index contributed by atoms with van der Waals surface area (Å²) in [7, 11) is 0. The van der Waals surface area contributed by atoms with Crippen molar-refractivity contribution in [1.82, 2.24) is 15.3 Å². The van der Waals surface area contributed by atoms with Crippen molar-refractivity contribution in [2.24, 2.45) is 11.8 Å². The topological polar surface area (TPSA) is 93.2 Å². The molecule has 0 bridgehead atoms. The van der Waals surface area contributed by atoms with Gasteiger partial charge in [0, 0.05) is 37.6 Å². The first-order chi connectivity index (χ1) is 13.6. The van der Waals surface area contributed by atoms with Gasteiger partial charge in [0.2, 0.25) is 5.91 Å². The van der Waals surface area contributed by atoms with Gasteiger partial charge in [-0.2, -0.15) is 0 Å². The Morgan fingerprint density at radius 3 is 2.71 bits per heavy atom. The summed E-state index contributed by atoms with van der Waals surface area (Å²) < 4.78 is 5.30. The SMILES string of the molecule is CC1C=CC2=C(C1)CC(NC(=O)c1nccnc1NC(=O)C1CCOCC1)C2. The second-order valence-electron chi connectivity index (χ2n) is 7.88. The van der Waals surface area contributed by atoms with E-state index in [0.29, 0.717) is 32.0 Å². The number of amides is 2. The highest BCUT2D eigenvalue weighted by molar-refractivity contribution is 6.01. The highest BCUT2D eigenvalue weighted by Gasteiger charge is 2.29. The maximum Gasteiger partial charge on any atom is 0.273 e. The number of hydrogen-bond donors (Lipinski definition) is 2.